The Balaban J connectivity index is 1.99. The van der Waals surface area contributed by atoms with Crippen LogP contribution in [0.5, 0.6) is 5.75 Å². The molecule has 0 atom stereocenters. The van der Waals surface area contributed by atoms with E-state index in [0.717, 1.165) is 23.4 Å². The average Bonchev–Trinajstić information content (AvgIpc) is 2.51. The summed E-state index contributed by atoms with van der Waals surface area (Å²) >= 11 is 0. The minimum atomic E-state index is -0.386. The van der Waals surface area contributed by atoms with Gasteiger partial charge in [0.1, 0.15) is 5.75 Å². The Morgan fingerprint density at radius 1 is 1.19 bits per heavy atom. The largest absolute Gasteiger partial charge is 0.494 e. The number of nitrogens with one attached hydrogen (secondary N) is 1. The fourth-order valence-electron chi connectivity index (χ4n) is 1.90. The lowest BCUT2D eigenvalue weighted by atomic mass is 10.2. The first-order valence-electron chi connectivity index (χ1n) is 6.89. The molecule has 0 unspecified atom stereocenters. The van der Waals surface area contributed by atoms with Crippen molar-refractivity contribution in [2.24, 2.45) is 0 Å². The Morgan fingerprint density at radius 2 is 2.00 bits per heavy atom. The predicted octanol–water partition coefficient (Wildman–Crippen LogP) is 4.00. The number of non-ortho nitro benzene ring substituents is 1. The monoisotopic (exact) mass is 286 g/mol. The van der Waals surface area contributed by atoms with E-state index in [1.807, 2.05) is 30.3 Å². The van der Waals surface area contributed by atoms with E-state index in [4.69, 9.17) is 4.74 Å². The Morgan fingerprint density at radius 3 is 2.76 bits per heavy atom. The Labute approximate surface area is 123 Å². The van der Waals surface area contributed by atoms with Crippen molar-refractivity contribution >= 4 is 11.4 Å². The summed E-state index contributed by atoms with van der Waals surface area (Å²) in [6.07, 6.45) is 0.964. The smallest absolute Gasteiger partial charge is 0.269 e. The van der Waals surface area contributed by atoms with E-state index >= 15 is 0 Å². The lowest BCUT2D eigenvalue weighted by Crippen LogP contribution is -2.01. The molecule has 1 N–H and O–H groups in total. The minimum Gasteiger partial charge on any atom is -0.494 e. The molecule has 0 amide bonds. The molecule has 0 fully saturated rings. The zero-order valence-electron chi connectivity index (χ0n) is 11.9. The van der Waals surface area contributed by atoms with Crippen LogP contribution in [-0.4, -0.2) is 11.5 Å². The molecule has 0 aromatic heterocycles. The number of hydrogen-bond acceptors (Lipinski definition) is 4. The molecule has 0 bridgehead atoms. The van der Waals surface area contributed by atoms with Crippen LogP contribution in [0.3, 0.4) is 0 Å². The van der Waals surface area contributed by atoms with Crippen molar-refractivity contribution in [1.82, 2.24) is 0 Å². The van der Waals surface area contributed by atoms with Crippen LogP contribution >= 0.6 is 0 Å². The average molecular weight is 286 g/mol. The van der Waals surface area contributed by atoms with Gasteiger partial charge < -0.3 is 10.1 Å². The number of hydrogen-bond donors (Lipinski definition) is 1. The Bertz CT molecular complexity index is 614. The van der Waals surface area contributed by atoms with Gasteiger partial charge in [-0.25, -0.2) is 0 Å². The summed E-state index contributed by atoms with van der Waals surface area (Å²) in [6.45, 7) is 3.28. The summed E-state index contributed by atoms with van der Waals surface area (Å²) in [6, 6.07) is 14.3. The lowest BCUT2D eigenvalue weighted by molar-refractivity contribution is -0.384. The van der Waals surface area contributed by atoms with Gasteiger partial charge in [0.25, 0.3) is 5.69 Å². The van der Waals surface area contributed by atoms with Crippen LogP contribution in [0.4, 0.5) is 11.4 Å². The first-order valence-corrected chi connectivity index (χ1v) is 6.89. The van der Waals surface area contributed by atoms with Crippen LogP contribution in [-0.2, 0) is 6.54 Å². The van der Waals surface area contributed by atoms with Gasteiger partial charge in [0.05, 0.1) is 11.5 Å². The lowest BCUT2D eigenvalue weighted by Gasteiger charge is -2.09. The summed E-state index contributed by atoms with van der Waals surface area (Å²) in [5.41, 5.74) is 1.90. The molecule has 0 aliphatic carbocycles. The molecule has 2 rings (SSSR count). The first kappa shape index (κ1) is 14.8. The molecular weight excluding hydrogens is 268 g/mol. The molecule has 2 aromatic carbocycles. The number of ether oxygens (including phenoxy) is 1. The highest BCUT2D eigenvalue weighted by Gasteiger charge is 2.05. The zero-order chi connectivity index (χ0) is 15.1. The number of nitro benzene ring substituents is 1. The summed E-state index contributed by atoms with van der Waals surface area (Å²) in [5, 5.41) is 14.0. The summed E-state index contributed by atoms with van der Waals surface area (Å²) < 4.78 is 5.57. The van der Waals surface area contributed by atoms with E-state index in [1.165, 1.54) is 6.07 Å². The van der Waals surface area contributed by atoms with Crippen molar-refractivity contribution < 1.29 is 9.66 Å². The number of anilines is 1. The molecule has 0 saturated carbocycles. The minimum absolute atomic E-state index is 0.106. The highest BCUT2D eigenvalue weighted by molar-refractivity contribution is 5.49. The molecule has 110 valence electrons. The van der Waals surface area contributed by atoms with Crippen LogP contribution in [0.2, 0.25) is 0 Å². The molecule has 5 heteroatoms. The number of benzene rings is 2. The van der Waals surface area contributed by atoms with Gasteiger partial charge in [-0.3, -0.25) is 10.1 Å². The fourth-order valence-corrected chi connectivity index (χ4v) is 1.90. The molecule has 5 nitrogen and oxygen atoms in total. The van der Waals surface area contributed by atoms with Gasteiger partial charge in [0.15, 0.2) is 0 Å². The highest BCUT2D eigenvalue weighted by Crippen LogP contribution is 2.19. The molecular formula is C16H18N2O3. The molecule has 2 aromatic rings. The zero-order valence-corrected chi connectivity index (χ0v) is 11.9. The van der Waals surface area contributed by atoms with Crippen LogP contribution in [0.15, 0.2) is 48.5 Å². The van der Waals surface area contributed by atoms with Crippen molar-refractivity contribution in [3.8, 4) is 5.75 Å². The van der Waals surface area contributed by atoms with Crippen molar-refractivity contribution in [2.45, 2.75) is 19.9 Å². The van der Waals surface area contributed by atoms with Gasteiger partial charge in [0, 0.05) is 30.4 Å². The van der Waals surface area contributed by atoms with Gasteiger partial charge in [-0.2, -0.15) is 0 Å². The van der Waals surface area contributed by atoms with Crippen LogP contribution in [0.25, 0.3) is 0 Å². The van der Waals surface area contributed by atoms with Crippen molar-refractivity contribution in [2.75, 3.05) is 11.9 Å². The van der Waals surface area contributed by atoms with E-state index in [-0.39, 0.29) is 10.6 Å². The Kier molecular flexibility index (Phi) is 5.15. The third kappa shape index (κ3) is 4.49. The van der Waals surface area contributed by atoms with Gasteiger partial charge in [-0.15, -0.1) is 0 Å². The normalized spacial score (nSPS) is 10.1. The van der Waals surface area contributed by atoms with Crippen molar-refractivity contribution in [3.63, 3.8) is 0 Å². The van der Waals surface area contributed by atoms with Crippen LogP contribution in [0, 0.1) is 10.1 Å². The molecule has 0 heterocycles. The maximum absolute atomic E-state index is 10.7. The standard InChI is InChI=1S/C16H18N2O3/c1-2-9-21-16-8-4-6-14(11-16)17-12-13-5-3-7-15(10-13)18(19)20/h3-8,10-11,17H,2,9,12H2,1H3. The van der Waals surface area contributed by atoms with Crippen LogP contribution in [0.1, 0.15) is 18.9 Å². The van der Waals surface area contributed by atoms with Gasteiger partial charge in [0.2, 0.25) is 0 Å². The molecule has 0 radical (unpaired) electrons. The molecule has 21 heavy (non-hydrogen) atoms. The van der Waals surface area contributed by atoms with Gasteiger partial charge in [-0.1, -0.05) is 25.1 Å². The third-order valence-electron chi connectivity index (χ3n) is 2.92. The maximum Gasteiger partial charge on any atom is 0.269 e. The topological polar surface area (TPSA) is 64.4 Å². The second kappa shape index (κ2) is 7.28. The van der Waals surface area contributed by atoms with Gasteiger partial charge >= 0.3 is 0 Å². The van der Waals surface area contributed by atoms with E-state index in [1.54, 1.807) is 12.1 Å². The molecule has 0 aliphatic rings. The van der Waals surface area contributed by atoms with Crippen molar-refractivity contribution in [3.05, 3.63) is 64.2 Å². The SMILES string of the molecule is CCCOc1cccc(NCc2cccc([N+](=O)[O-])c2)c1. The van der Waals surface area contributed by atoms with Gasteiger partial charge in [-0.05, 0) is 24.1 Å². The van der Waals surface area contributed by atoms with Crippen LogP contribution < -0.4 is 10.1 Å². The maximum atomic E-state index is 10.7. The highest BCUT2D eigenvalue weighted by atomic mass is 16.6. The second-order valence-corrected chi connectivity index (χ2v) is 4.66. The first-order chi connectivity index (χ1) is 10.2. The number of nitrogens with zero attached hydrogens (tertiary/aromatic N) is 1. The predicted molar refractivity (Wildman–Crippen MR) is 82.7 cm³/mol. The quantitative estimate of drug-likeness (QED) is 0.617. The summed E-state index contributed by atoms with van der Waals surface area (Å²) in [5.74, 6) is 0.820. The molecule has 0 saturated heterocycles. The second-order valence-electron chi connectivity index (χ2n) is 4.66. The molecule has 0 aliphatic heterocycles. The molecule has 0 spiro atoms. The van der Waals surface area contributed by atoms with E-state index in [9.17, 15) is 10.1 Å². The van der Waals surface area contributed by atoms with E-state index in [0.29, 0.717) is 13.2 Å². The number of rotatable bonds is 7. The third-order valence-corrected chi connectivity index (χ3v) is 2.92. The van der Waals surface area contributed by atoms with E-state index < -0.39 is 0 Å². The summed E-state index contributed by atoms with van der Waals surface area (Å²) in [4.78, 5) is 10.4. The summed E-state index contributed by atoms with van der Waals surface area (Å²) in [7, 11) is 0. The van der Waals surface area contributed by atoms with Crippen molar-refractivity contribution in [1.29, 1.82) is 0 Å². The van der Waals surface area contributed by atoms with E-state index in [2.05, 4.69) is 12.2 Å². The Hall–Kier alpha value is -2.56. The number of nitro groups is 1. The fraction of sp³-hybridized carbons (Fsp3) is 0.250.